The molecule has 0 N–H and O–H groups in total. The van der Waals surface area contributed by atoms with E-state index in [1.54, 1.807) is 29.6 Å². The number of carbonyl (C=O) groups excluding carboxylic acids is 2. The number of nitriles is 1. The summed E-state index contributed by atoms with van der Waals surface area (Å²) in [5.41, 5.74) is 8.35. The van der Waals surface area contributed by atoms with Crippen molar-refractivity contribution in [1.29, 1.82) is 5.26 Å². The van der Waals surface area contributed by atoms with E-state index in [0.29, 0.717) is 23.0 Å². The Labute approximate surface area is 660 Å². The molecule has 0 radical (unpaired) electrons. The zero-order chi connectivity index (χ0) is 76.1. The number of unbranched alkanes of at least 4 members (excludes halogenated alkanes) is 24. The highest BCUT2D eigenvalue weighted by molar-refractivity contribution is 7.30. The van der Waals surface area contributed by atoms with Crippen molar-refractivity contribution in [1.82, 2.24) is 8.75 Å². The van der Waals surface area contributed by atoms with Gasteiger partial charge in [0, 0.05) is 66.0 Å². The van der Waals surface area contributed by atoms with Crippen molar-refractivity contribution in [2.75, 3.05) is 22.9 Å². The van der Waals surface area contributed by atoms with E-state index in [2.05, 4.69) is 67.1 Å². The highest BCUT2D eigenvalue weighted by Crippen LogP contribution is 2.67. The van der Waals surface area contributed by atoms with Crippen LogP contribution < -0.4 is 9.80 Å². The number of benzene rings is 2. The molecule has 108 heavy (non-hydrogen) atoms. The smallest absolute Gasteiger partial charge is 0.363 e. The Bertz CT molecular complexity index is 4630. The maximum absolute atomic E-state index is 15.4. The van der Waals surface area contributed by atoms with Crippen LogP contribution in [-0.4, -0.2) is 45.5 Å². The van der Waals surface area contributed by atoms with Crippen molar-refractivity contribution in [2.24, 2.45) is 11.8 Å². The number of hydrogen-bond donors (Lipinski definition) is 0. The van der Waals surface area contributed by atoms with E-state index >= 15 is 17.6 Å². The number of allylic oxidation sites excluding steroid dienone is 5. The van der Waals surface area contributed by atoms with Crippen LogP contribution in [0.2, 0.25) is 0 Å². The fraction of sp³-hybridized carbons (Fsp3) is 0.567. The molecule has 0 bridgehead atoms. The van der Waals surface area contributed by atoms with Crippen molar-refractivity contribution in [3.8, 4) is 6.07 Å². The van der Waals surface area contributed by atoms with E-state index < -0.39 is 34.8 Å². The summed E-state index contributed by atoms with van der Waals surface area (Å²) in [5, 5.41) is 10.6. The minimum absolute atomic E-state index is 0.0487. The second kappa shape index (κ2) is 38.1. The Hall–Kier alpha value is -6.59. The number of fused-ring (bicyclic) bond motifs is 16. The van der Waals surface area contributed by atoms with Gasteiger partial charge in [-0.2, -0.15) is 23.7 Å². The Morgan fingerprint density at radius 1 is 0.481 bits per heavy atom. The minimum atomic E-state index is -1.16. The average Bonchev–Trinajstić information content (AvgIpc) is 1.50. The number of carbonyl (C=O) groups is 2. The van der Waals surface area contributed by atoms with Crippen LogP contribution in [0.25, 0.3) is 51.8 Å². The molecule has 0 amide bonds. The van der Waals surface area contributed by atoms with Crippen LogP contribution in [0.1, 0.15) is 352 Å². The second-order valence-electron chi connectivity index (χ2n) is 31.4. The standard InChI is InChI=1S/C90H109F4N7O2S5/c1-10-16-22-26-28-30-32-34-38-44-58-70(50-64-72(55(7)52-95)60-46-66(91)68(93)48-62(60)82(64)102)104-88-80-86(106-84(58)88)74-76-77(99-108-98-76)75-79(78(74)100(80)53-56(40-20-14-5)42-36-24-18-12-3)101(54-57(41-21-15-6)43-37-25-19-13-4)81-87(75)107-85-59(45-39-35-33-31-29-27-23-17-11-2)71(105-89(81)85)51-65-73(90(96-8)97-9)61-47-67(92)69(94)49-63(61)83(65)103/h46-51,56-57,74-75,78-79H,10-45,53-54H2,1-7H3/b64-50-,65-51-,72-55-. The molecule has 5 aliphatic rings. The molecular formula is C90H109F4N7O2S5. The monoisotopic (exact) mass is 1560 g/mol. The number of thiophene rings is 4. The Balaban J connectivity index is 1.06. The van der Waals surface area contributed by atoms with Crippen LogP contribution in [0.5, 0.6) is 0 Å². The van der Waals surface area contributed by atoms with Gasteiger partial charge in [0.1, 0.15) is 13.1 Å². The summed E-state index contributed by atoms with van der Waals surface area (Å²) in [6.45, 7) is 33.4. The molecule has 6 unspecified atom stereocenters. The van der Waals surface area contributed by atoms with Crippen molar-refractivity contribution in [3.05, 3.63) is 157 Å². The third-order valence-electron chi connectivity index (χ3n) is 23.9. The van der Waals surface area contributed by atoms with Crippen LogP contribution in [0.15, 0.2) is 46.8 Å². The molecule has 0 saturated heterocycles. The number of ketones is 2. The lowest BCUT2D eigenvalue weighted by molar-refractivity contribution is 0.103. The normalized spacial score (nSPS) is 18.6. The lowest BCUT2D eigenvalue weighted by Gasteiger charge is -2.46. The quantitative estimate of drug-likeness (QED) is 0.0124. The van der Waals surface area contributed by atoms with Gasteiger partial charge in [0.05, 0.1) is 88.9 Å². The van der Waals surface area contributed by atoms with Gasteiger partial charge in [0.15, 0.2) is 34.8 Å². The van der Waals surface area contributed by atoms with Gasteiger partial charge in [0.2, 0.25) is 0 Å². The SMILES string of the molecule is [C-]#[N+]C([N+]#[C-])=C1/C(=C/c2sc3c4c(sc3c2CCCCCCCCCCC)C2c3nsnc3C3c5sc6c(CCCCCCCCCCC)c(/C=C7\C(=O)c8cc(F)c(F)cc8\C7=C(/C)C#N)sc6c5N(CC(CCCC)CCCCCC)C3C2N4CC(CCCC)CCCCCC)C(=O)c2cc(F)c(F)cc21. The minimum Gasteiger partial charge on any atom is -0.363 e. The number of aromatic nitrogens is 2. The first-order valence-electron chi connectivity index (χ1n) is 41.3. The van der Waals surface area contributed by atoms with Gasteiger partial charge in [-0.3, -0.25) is 9.59 Å². The van der Waals surface area contributed by atoms with Crippen LogP contribution in [0.4, 0.5) is 28.9 Å². The Kier molecular flexibility index (Phi) is 28.5. The van der Waals surface area contributed by atoms with Gasteiger partial charge < -0.3 is 9.80 Å². The van der Waals surface area contributed by atoms with Gasteiger partial charge in [0.25, 0.3) is 0 Å². The molecule has 7 aromatic rings. The fourth-order valence-corrected chi connectivity index (χ4v) is 25.0. The van der Waals surface area contributed by atoms with Crippen LogP contribution >= 0.6 is 57.1 Å². The number of anilines is 2. The third kappa shape index (κ3) is 16.8. The molecule has 6 atom stereocenters. The summed E-state index contributed by atoms with van der Waals surface area (Å²) in [5.74, 6) is -5.20. The topological polar surface area (TPSA) is 98.9 Å². The highest BCUT2D eigenvalue weighted by atomic mass is 32.1. The van der Waals surface area contributed by atoms with E-state index in [-0.39, 0.29) is 68.7 Å². The van der Waals surface area contributed by atoms with Crippen LogP contribution in [0.3, 0.4) is 0 Å². The molecule has 0 saturated carbocycles. The fourth-order valence-electron chi connectivity index (χ4n) is 18.2. The summed E-state index contributed by atoms with van der Waals surface area (Å²) in [7, 11) is 0. The summed E-state index contributed by atoms with van der Waals surface area (Å²) in [6, 6.07) is 6.15. The lowest BCUT2D eigenvalue weighted by Crippen LogP contribution is -2.56. The van der Waals surface area contributed by atoms with Gasteiger partial charge in [-0.1, -0.05) is 221 Å². The van der Waals surface area contributed by atoms with E-state index in [4.69, 9.17) is 21.9 Å². The zero-order valence-corrected chi connectivity index (χ0v) is 68.9. The van der Waals surface area contributed by atoms with Crippen molar-refractivity contribution in [2.45, 2.75) is 304 Å². The first-order chi connectivity index (χ1) is 52.7. The first kappa shape index (κ1) is 80.9. The number of Topliss-reactive ketones (excluding diaryl/α,β-unsaturated/α-hetero) is 2. The molecule has 2 aliphatic heterocycles. The summed E-state index contributed by atoms with van der Waals surface area (Å²) < 4.78 is 77.0. The predicted molar refractivity (Wildman–Crippen MR) is 446 cm³/mol. The maximum atomic E-state index is 15.4. The molecule has 12 rings (SSSR count). The van der Waals surface area contributed by atoms with E-state index in [9.17, 15) is 14.9 Å². The number of nitrogens with zero attached hydrogens (tertiary/aromatic N) is 7. The zero-order valence-electron chi connectivity index (χ0n) is 64.8. The number of hydrogen-bond acceptors (Lipinski definition) is 12. The van der Waals surface area contributed by atoms with Crippen molar-refractivity contribution >= 4 is 122 Å². The maximum Gasteiger partial charge on any atom is 0.528 e. The van der Waals surface area contributed by atoms with Crippen molar-refractivity contribution in [3.63, 3.8) is 0 Å². The van der Waals surface area contributed by atoms with Gasteiger partial charge in [-0.15, -0.1) is 45.3 Å². The van der Waals surface area contributed by atoms with Crippen molar-refractivity contribution < 1.29 is 27.2 Å². The van der Waals surface area contributed by atoms with Gasteiger partial charge >= 0.3 is 5.82 Å². The third-order valence-corrected chi connectivity index (χ3v) is 29.7. The molecule has 3 aliphatic carbocycles. The molecular weight excluding hydrogens is 1450 g/mol. The number of aryl methyl sites for hydroxylation is 2. The second-order valence-corrected chi connectivity index (χ2v) is 36.2. The molecule has 0 spiro atoms. The van der Waals surface area contributed by atoms with Gasteiger partial charge in [-0.05, 0) is 129 Å². The van der Waals surface area contributed by atoms with Gasteiger partial charge in [-0.25, -0.2) is 17.6 Å². The molecule has 0 fully saturated rings. The van der Waals surface area contributed by atoms with Crippen LogP contribution in [0, 0.1) is 59.6 Å². The Morgan fingerprint density at radius 3 is 1.20 bits per heavy atom. The summed E-state index contributed by atoms with van der Waals surface area (Å²) >= 11 is 8.53. The highest BCUT2D eigenvalue weighted by Gasteiger charge is 2.61. The molecule has 9 nitrogen and oxygen atoms in total. The van der Waals surface area contributed by atoms with E-state index in [1.165, 1.54) is 155 Å². The number of halogens is 4. The molecule has 574 valence electrons. The largest absolute Gasteiger partial charge is 0.528 e. The molecule has 2 aromatic carbocycles. The lowest BCUT2D eigenvalue weighted by atomic mass is 9.75. The molecule has 7 heterocycles. The predicted octanol–water partition coefficient (Wildman–Crippen LogP) is 28.4. The summed E-state index contributed by atoms with van der Waals surface area (Å²) in [6.07, 6.45) is 44.5. The number of rotatable bonds is 42. The molecule has 18 heteroatoms. The van der Waals surface area contributed by atoms with E-state index in [1.807, 2.05) is 34.8 Å². The molecule has 5 aromatic heterocycles. The average molecular weight is 1560 g/mol. The summed E-state index contributed by atoms with van der Waals surface area (Å²) in [4.78, 5) is 47.3. The first-order valence-corrected chi connectivity index (χ1v) is 45.3. The van der Waals surface area contributed by atoms with Crippen LogP contribution in [-0.2, 0) is 12.8 Å². The van der Waals surface area contributed by atoms with E-state index in [0.717, 1.165) is 197 Å². The Morgan fingerprint density at radius 2 is 0.824 bits per heavy atom.